The molecule has 0 atom stereocenters. The molecule has 1 aromatic carbocycles. The number of anilines is 1. The largest absolute Gasteiger partial charge is 0.355 e. The van der Waals surface area contributed by atoms with Gasteiger partial charge in [0.15, 0.2) is 5.78 Å². The molecule has 8 nitrogen and oxygen atoms in total. The summed E-state index contributed by atoms with van der Waals surface area (Å²) in [5, 5.41) is 3.08. The number of ketones is 1. The lowest BCUT2D eigenvalue weighted by Gasteiger charge is -2.07. The molecule has 0 fully saturated rings. The predicted octanol–water partition coefficient (Wildman–Crippen LogP) is 3.07. The zero-order valence-corrected chi connectivity index (χ0v) is 19.0. The van der Waals surface area contributed by atoms with Gasteiger partial charge in [0.25, 0.3) is 5.56 Å². The Labute approximate surface area is 195 Å². The molecule has 0 aliphatic rings. The number of carbonyl (C=O) groups is 1. The van der Waals surface area contributed by atoms with Gasteiger partial charge in [-0.25, -0.2) is 9.97 Å². The summed E-state index contributed by atoms with van der Waals surface area (Å²) in [5.41, 5.74) is 2.83. The Morgan fingerprint density at radius 2 is 1.97 bits per heavy atom. The van der Waals surface area contributed by atoms with Crippen molar-refractivity contribution in [3.05, 3.63) is 106 Å². The fraction of sp³-hybridized carbons (Fsp3) is 0.208. The quantitative estimate of drug-likeness (QED) is 0.277. The van der Waals surface area contributed by atoms with Gasteiger partial charge in [-0.15, -0.1) is 0 Å². The number of hydrogen-bond acceptors (Lipinski definition) is 7. The normalized spacial score (nSPS) is 10.8. The van der Waals surface area contributed by atoms with Gasteiger partial charge in [-0.3, -0.25) is 19.6 Å². The van der Waals surface area contributed by atoms with E-state index in [-0.39, 0.29) is 11.3 Å². The molecule has 33 heavy (non-hydrogen) atoms. The second kappa shape index (κ2) is 10.7. The first kappa shape index (κ1) is 22.5. The van der Waals surface area contributed by atoms with Gasteiger partial charge in [-0.05, 0) is 17.7 Å². The molecule has 0 amide bonds. The van der Waals surface area contributed by atoms with Crippen molar-refractivity contribution in [2.45, 2.75) is 12.2 Å². The molecule has 9 heteroatoms. The van der Waals surface area contributed by atoms with E-state index in [1.807, 2.05) is 48.1 Å². The highest BCUT2D eigenvalue weighted by molar-refractivity contribution is 7.98. The van der Waals surface area contributed by atoms with E-state index in [1.165, 1.54) is 6.20 Å². The SMILES string of the molecule is Cn1cnc(CSCCNc2ncc(C(=O)c3ccnc(Cc4ccccc4)c3)c(=O)[nH]2)c1. The lowest BCUT2D eigenvalue weighted by atomic mass is 10.0. The summed E-state index contributed by atoms with van der Waals surface area (Å²) < 4.78 is 1.92. The zero-order valence-electron chi connectivity index (χ0n) is 18.2. The molecule has 3 heterocycles. The summed E-state index contributed by atoms with van der Waals surface area (Å²) in [7, 11) is 1.94. The molecule has 0 radical (unpaired) electrons. The summed E-state index contributed by atoms with van der Waals surface area (Å²) >= 11 is 1.73. The van der Waals surface area contributed by atoms with E-state index in [0.29, 0.717) is 24.5 Å². The Balaban J connectivity index is 1.34. The minimum absolute atomic E-state index is 0.00179. The van der Waals surface area contributed by atoms with Gasteiger partial charge in [-0.1, -0.05) is 30.3 Å². The number of carbonyl (C=O) groups excluding carboxylic acids is 1. The van der Waals surface area contributed by atoms with Crippen molar-refractivity contribution >= 4 is 23.5 Å². The molecule has 0 aliphatic heterocycles. The lowest BCUT2D eigenvalue weighted by molar-refractivity contribution is 0.103. The molecule has 0 saturated carbocycles. The topological polar surface area (TPSA) is 106 Å². The van der Waals surface area contributed by atoms with Gasteiger partial charge >= 0.3 is 0 Å². The second-order valence-electron chi connectivity index (χ2n) is 7.51. The summed E-state index contributed by atoms with van der Waals surface area (Å²) in [6.45, 7) is 0.626. The number of nitrogens with zero attached hydrogens (tertiary/aromatic N) is 4. The maximum absolute atomic E-state index is 12.9. The van der Waals surface area contributed by atoms with E-state index < -0.39 is 5.56 Å². The van der Waals surface area contributed by atoms with E-state index in [4.69, 9.17) is 0 Å². The number of rotatable bonds is 10. The molecule has 2 N–H and O–H groups in total. The van der Waals surface area contributed by atoms with Gasteiger partial charge in [0.05, 0.1) is 12.0 Å². The molecule has 4 aromatic rings. The molecule has 0 spiro atoms. The Bertz CT molecular complexity index is 1290. The van der Waals surface area contributed by atoms with Crippen LogP contribution in [0.5, 0.6) is 0 Å². The molecular formula is C24H24N6O2S. The standard InChI is InChI=1S/C24H24N6O2S/c1-30-14-20(28-16-30)15-33-10-9-26-24-27-13-21(23(32)29-24)22(31)18-7-8-25-19(12-18)11-17-5-3-2-4-6-17/h2-8,12-14,16H,9-11,15H2,1H3,(H2,26,27,29,32). The number of pyridine rings is 1. The third kappa shape index (κ3) is 6.17. The summed E-state index contributed by atoms with van der Waals surface area (Å²) in [6.07, 6.45) is 7.29. The Hall–Kier alpha value is -3.72. The van der Waals surface area contributed by atoms with Crippen LogP contribution in [0.4, 0.5) is 5.95 Å². The number of H-pyrrole nitrogens is 1. The van der Waals surface area contributed by atoms with Crippen molar-refractivity contribution in [3.63, 3.8) is 0 Å². The van der Waals surface area contributed by atoms with E-state index in [2.05, 4.69) is 25.3 Å². The van der Waals surface area contributed by atoms with E-state index in [9.17, 15) is 9.59 Å². The highest BCUT2D eigenvalue weighted by atomic mass is 32.2. The van der Waals surface area contributed by atoms with E-state index in [1.54, 1.807) is 36.4 Å². The Morgan fingerprint density at radius 3 is 2.73 bits per heavy atom. The van der Waals surface area contributed by atoms with Crippen molar-refractivity contribution in [2.24, 2.45) is 7.05 Å². The molecule has 3 aromatic heterocycles. The van der Waals surface area contributed by atoms with Crippen molar-refractivity contribution in [1.82, 2.24) is 24.5 Å². The van der Waals surface area contributed by atoms with Crippen molar-refractivity contribution in [2.75, 3.05) is 17.6 Å². The number of imidazole rings is 1. The molecule has 0 bridgehead atoms. The number of aromatic amines is 1. The van der Waals surface area contributed by atoms with Crippen LogP contribution in [0.1, 0.15) is 32.9 Å². The Morgan fingerprint density at radius 1 is 1.12 bits per heavy atom. The summed E-state index contributed by atoms with van der Waals surface area (Å²) in [4.78, 5) is 40.9. The highest BCUT2D eigenvalue weighted by Gasteiger charge is 2.15. The molecular weight excluding hydrogens is 436 g/mol. The van der Waals surface area contributed by atoms with E-state index in [0.717, 1.165) is 28.5 Å². The highest BCUT2D eigenvalue weighted by Crippen LogP contribution is 2.12. The molecule has 4 rings (SSSR count). The monoisotopic (exact) mass is 460 g/mol. The maximum atomic E-state index is 12.9. The zero-order chi connectivity index (χ0) is 23.0. The van der Waals surface area contributed by atoms with Gasteiger partial charge in [-0.2, -0.15) is 11.8 Å². The van der Waals surface area contributed by atoms with Crippen LogP contribution in [-0.2, 0) is 19.2 Å². The van der Waals surface area contributed by atoms with Crippen molar-refractivity contribution in [3.8, 4) is 0 Å². The number of hydrogen-bond donors (Lipinski definition) is 2. The van der Waals surface area contributed by atoms with Crippen LogP contribution in [0.2, 0.25) is 0 Å². The third-order valence-corrected chi connectivity index (χ3v) is 5.89. The fourth-order valence-electron chi connectivity index (χ4n) is 3.28. The van der Waals surface area contributed by atoms with Crippen LogP contribution >= 0.6 is 11.8 Å². The van der Waals surface area contributed by atoms with Crippen molar-refractivity contribution < 1.29 is 4.79 Å². The summed E-state index contributed by atoms with van der Waals surface area (Å²) in [5.74, 6) is 1.60. The van der Waals surface area contributed by atoms with Crippen LogP contribution in [0.15, 0.2) is 72.2 Å². The van der Waals surface area contributed by atoms with Crippen LogP contribution < -0.4 is 10.9 Å². The van der Waals surface area contributed by atoms with Gasteiger partial charge < -0.3 is 9.88 Å². The van der Waals surface area contributed by atoms with Gasteiger partial charge in [0, 0.05) is 61.4 Å². The maximum Gasteiger partial charge on any atom is 0.263 e. The second-order valence-corrected chi connectivity index (χ2v) is 8.62. The van der Waals surface area contributed by atoms with Gasteiger partial charge in [0.1, 0.15) is 5.56 Å². The minimum Gasteiger partial charge on any atom is -0.355 e. The average Bonchev–Trinajstić information content (AvgIpc) is 3.24. The smallest absolute Gasteiger partial charge is 0.263 e. The van der Waals surface area contributed by atoms with Crippen LogP contribution in [0.3, 0.4) is 0 Å². The molecule has 0 unspecified atom stereocenters. The van der Waals surface area contributed by atoms with Crippen molar-refractivity contribution in [1.29, 1.82) is 0 Å². The molecule has 0 aliphatic carbocycles. The van der Waals surface area contributed by atoms with Crippen LogP contribution in [0.25, 0.3) is 0 Å². The predicted molar refractivity (Wildman–Crippen MR) is 130 cm³/mol. The summed E-state index contributed by atoms with van der Waals surface area (Å²) in [6, 6.07) is 13.2. The fourth-order valence-corrected chi connectivity index (χ4v) is 4.03. The first-order valence-corrected chi connectivity index (χ1v) is 11.7. The van der Waals surface area contributed by atoms with Crippen LogP contribution in [-0.4, -0.2) is 42.6 Å². The average molecular weight is 461 g/mol. The number of nitrogens with one attached hydrogen (secondary N) is 2. The minimum atomic E-state index is -0.472. The third-order valence-electron chi connectivity index (χ3n) is 4.90. The first-order chi connectivity index (χ1) is 16.1. The number of benzene rings is 1. The first-order valence-electron chi connectivity index (χ1n) is 10.5. The number of thioether (sulfide) groups is 1. The number of aromatic nitrogens is 5. The molecule has 168 valence electrons. The van der Waals surface area contributed by atoms with E-state index >= 15 is 0 Å². The van der Waals surface area contributed by atoms with Crippen LogP contribution in [0, 0.1) is 0 Å². The van der Waals surface area contributed by atoms with Gasteiger partial charge in [0.2, 0.25) is 5.95 Å². The number of aryl methyl sites for hydroxylation is 1. The molecule has 0 saturated heterocycles. The Kier molecular flexibility index (Phi) is 7.31. The lowest BCUT2D eigenvalue weighted by Crippen LogP contribution is -2.21.